The molecule has 0 spiro atoms. The molecule has 3 aromatic rings. The van der Waals surface area contributed by atoms with Gasteiger partial charge in [0.15, 0.2) is 0 Å². The van der Waals surface area contributed by atoms with Crippen molar-refractivity contribution in [2.75, 3.05) is 34.3 Å². The van der Waals surface area contributed by atoms with E-state index in [2.05, 4.69) is 0 Å². The largest absolute Gasteiger partial charge is 0.507 e. The fraction of sp³-hybridized carbons (Fsp3) is 0.241. The molecule has 1 amide bonds. The maximum absolute atomic E-state index is 13.2. The highest BCUT2D eigenvalue weighted by Crippen LogP contribution is 2.40. The number of likely N-dealkylation sites (tertiary alicyclic amines) is 1. The predicted octanol–water partition coefficient (Wildman–Crippen LogP) is 4.91. The van der Waals surface area contributed by atoms with Gasteiger partial charge in [-0.2, -0.15) is 0 Å². The summed E-state index contributed by atoms with van der Waals surface area (Å²) in [6, 6.07) is 21.0. The van der Waals surface area contributed by atoms with Crippen LogP contribution in [0.3, 0.4) is 0 Å². The van der Waals surface area contributed by atoms with Gasteiger partial charge >= 0.3 is 0 Å². The van der Waals surface area contributed by atoms with E-state index < -0.39 is 17.7 Å². The minimum atomic E-state index is -0.760. The summed E-state index contributed by atoms with van der Waals surface area (Å²) in [5, 5.41) is 11.5. The van der Waals surface area contributed by atoms with Crippen LogP contribution in [0.1, 0.15) is 22.7 Å². The zero-order valence-corrected chi connectivity index (χ0v) is 21.7. The van der Waals surface area contributed by atoms with Gasteiger partial charge in [-0.15, -0.1) is 0 Å². The summed E-state index contributed by atoms with van der Waals surface area (Å²) >= 11 is 6.26. The van der Waals surface area contributed by atoms with E-state index in [9.17, 15) is 14.7 Å². The fourth-order valence-corrected chi connectivity index (χ4v) is 4.48. The minimum Gasteiger partial charge on any atom is -0.507 e. The minimum absolute atomic E-state index is 0.0166. The third kappa shape index (κ3) is 5.79. The predicted molar refractivity (Wildman–Crippen MR) is 143 cm³/mol. The second-order valence-corrected chi connectivity index (χ2v) is 9.40. The van der Waals surface area contributed by atoms with Crippen LogP contribution in [0.15, 0.2) is 78.4 Å². The van der Waals surface area contributed by atoms with Gasteiger partial charge in [0.2, 0.25) is 0 Å². The van der Waals surface area contributed by atoms with Gasteiger partial charge in [-0.25, -0.2) is 0 Å². The van der Waals surface area contributed by atoms with Crippen LogP contribution in [-0.4, -0.2) is 60.9 Å². The average Bonchev–Trinajstić information content (AvgIpc) is 3.16. The summed E-state index contributed by atoms with van der Waals surface area (Å²) in [6.45, 7) is 1.28. The number of nitrogens with zero attached hydrogens (tertiary/aromatic N) is 2. The lowest BCUT2D eigenvalue weighted by atomic mass is 9.95. The number of benzene rings is 3. The van der Waals surface area contributed by atoms with Crippen molar-refractivity contribution < 1.29 is 24.2 Å². The molecule has 1 aliphatic rings. The first-order valence-corrected chi connectivity index (χ1v) is 12.2. The molecule has 0 aliphatic carbocycles. The molecule has 1 N–H and O–H groups in total. The first-order valence-electron chi connectivity index (χ1n) is 11.8. The SMILES string of the molecule is COc1ccc(/C(O)=C2/C(=O)C(=O)N(CCN(C)C)C2c2ccc(OCc3ccccc3)cc2)cc1Cl. The fourth-order valence-electron chi connectivity index (χ4n) is 4.22. The van der Waals surface area contributed by atoms with Gasteiger partial charge < -0.3 is 24.4 Å². The number of halogens is 1. The van der Waals surface area contributed by atoms with E-state index >= 15 is 0 Å². The maximum Gasteiger partial charge on any atom is 0.295 e. The van der Waals surface area contributed by atoms with Crippen molar-refractivity contribution in [3.63, 3.8) is 0 Å². The number of ketones is 1. The highest BCUT2D eigenvalue weighted by molar-refractivity contribution is 6.46. The molecular weight excluding hydrogens is 492 g/mol. The number of hydrogen-bond donors (Lipinski definition) is 1. The summed E-state index contributed by atoms with van der Waals surface area (Å²) in [4.78, 5) is 29.7. The first-order chi connectivity index (χ1) is 17.8. The lowest BCUT2D eigenvalue weighted by Crippen LogP contribution is -2.35. The number of Topliss-reactive ketones (excluding diaryl/α,β-unsaturated/α-hetero) is 1. The highest BCUT2D eigenvalue weighted by Gasteiger charge is 2.45. The number of hydrogen-bond acceptors (Lipinski definition) is 6. The molecule has 37 heavy (non-hydrogen) atoms. The number of likely N-dealkylation sites (N-methyl/N-ethyl adjacent to an activating group) is 1. The van der Waals surface area contributed by atoms with Gasteiger partial charge in [0.05, 0.1) is 23.7 Å². The van der Waals surface area contributed by atoms with Crippen LogP contribution in [0.4, 0.5) is 0 Å². The molecule has 1 heterocycles. The summed E-state index contributed by atoms with van der Waals surface area (Å²) in [6.07, 6.45) is 0. The van der Waals surface area contributed by atoms with E-state index in [4.69, 9.17) is 21.1 Å². The van der Waals surface area contributed by atoms with Crippen molar-refractivity contribution in [1.82, 2.24) is 9.80 Å². The van der Waals surface area contributed by atoms with Crippen LogP contribution in [-0.2, 0) is 16.2 Å². The van der Waals surface area contributed by atoms with Crippen molar-refractivity contribution in [1.29, 1.82) is 0 Å². The molecule has 0 saturated carbocycles. The number of carbonyl (C=O) groups is 2. The molecule has 0 aromatic heterocycles. The molecule has 3 aromatic carbocycles. The summed E-state index contributed by atoms with van der Waals surface area (Å²) in [5.41, 5.74) is 2.07. The van der Waals surface area contributed by atoms with Gasteiger partial charge in [0, 0.05) is 18.7 Å². The Morgan fingerprint density at radius 2 is 1.73 bits per heavy atom. The van der Waals surface area contributed by atoms with Crippen molar-refractivity contribution in [2.45, 2.75) is 12.6 Å². The van der Waals surface area contributed by atoms with Crippen LogP contribution in [0.25, 0.3) is 5.76 Å². The Hall–Kier alpha value is -3.81. The zero-order chi connectivity index (χ0) is 26.5. The third-order valence-electron chi connectivity index (χ3n) is 6.20. The van der Waals surface area contributed by atoms with E-state index in [0.29, 0.717) is 42.3 Å². The molecular formula is C29H29ClN2O5. The molecule has 1 fully saturated rings. The number of methoxy groups -OCH3 is 1. The van der Waals surface area contributed by atoms with Crippen molar-refractivity contribution in [2.24, 2.45) is 0 Å². The summed E-state index contributed by atoms with van der Waals surface area (Å²) in [7, 11) is 5.28. The average molecular weight is 521 g/mol. The lowest BCUT2D eigenvalue weighted by Gasteiger charge is -2.26. The van der Waals surface area contributed by atoms with Crippen LogP contribution in [0.2, 0.25) is 5.02 Å². The standard InChI is InChI=1S/C29H29ClN2O5/c1-31(2)15-16-32-26(20-9-12-22(13-10-20)37-18-19-7-5-4-6-8-19)25(28(34)29(32)35)27(33)21-11-14-24(36-3)23(30)17-21/h4-14,17,26,33H,15-16,18H2,1-3H3/b27-25-. The zero-order valence-electron chi connectivity index (χ0n) is 21.0. The van der Waals surface area contributed by atoms with Gasteiger partial charge in [-0.05, 0) is 55.6 Å². The molecule has 1 aliphatic heterocycles. The second-order valence-electron chi connectivity index (χ2n) is 8.99. The van der Waals surface area contributed by atoms with Crippen LogP contribution >= 0.6 is 11.6 Å². The lowest BCUT2D eigenvalue weighted by molar-refractivity contribution is -0.140. The van der Waals surface area contributed by atoms with Crippen molar-refractivity contribution in [3.8, 4) is 11.5 Å². The molecule has 0 radical (unpaired) electrons. The summed E-state index contributed by atoms with van der Waals surface area (Å²) in [5.74, 6) is -0.591. The Balaban J connectivity index is 1.70. The molecule has 1 saturated heterocycles. The number of amides is 1. The van der Waals surface area contributed by atoms with E-state index in [1.165, 1.54) is 18.1 Å². The molecule has 7 nitrogen and oxygen atoms in total. The third-order valence-corrected chi connectivity index (χ3v) is 6.49. The quantitative estimate of drug-likeness (QED) is 0.245. The Labute approximate surface area is 221 Å². The van der Waals surface area contributed by atoms with Gasteiger partial charge in [0.25, 0.3) is 11.7 Å². The van der Waals surface area contributed by atoms with E-state index in [-0.39, 0.29) is 16.4 Å². The van der Waals surface area contributed by atoms with Crippen molar-refractivity contribution in [3.05, 3.63) is 100 Å². The van der Waals surface area contributed by atoms with Gasteiger partial charge in [-0.1, -0.05) is 54.1 Å². The Morgan fingerprint density at radius 3 is 2.35 bits per heavy atom. The maximum atomic E-state index is 13.2. The molecule has 8 heteroatoms. The number of aliphatic hydroxyl groups is 1. The van der Waals surface area contributed by atoms with Gasteiger partial charge in [-0.3, -0.25) is 9.59 Å². The smallest absolute Gasteiger partial charge is 0.295 e. The molecule has 4 rings (SSSR count). The Bertz CT molecular complexity index is 1310. The number of ether oxygens (including phenoxy) is 2. The number of rotatable bonds is 9. The second kappa shape index (κ2) is 11.5. The Morgan fingerprint density at radius 1 is 1.03 bits per heavy atom. The normalized spacial score (nSPS) is 16.9. The molecule has 0 bridgehead atoms. The van der Waals surface area contributed by atoms with Crippen LogP contribution in [0.5, 0.6) is 11.5 Å². The number of aliphatic hydroxyl groups excluding tert-OH is 1. The van der Waals surface area contributed by atoms with Crippen LogP contribution < -0.4 is 9.47 Å². The summed E-state index contributed by atoms with van der Waals surface area (Å²) < 4.78 is 11.1. The first kappa shape index (κ1) is 26.3. The van der Waals surface area contributed by atoms with Crippen molar-refractivity contribution >= 4 is 29.1 Å². The number of carbonyl (C=O) groups excluding carboxylic acids is 2. The Kier molecular flexibility index (Phi) is 8.16. The van der Waals surface area contributed by atoms with E-state index in [1.807, 2.05) is 61.5 Å². The van der Waals surface area contributed by atoms with E-state index in [0.717, 1.165) is 5.56 Å². The van der Waals surface area contributed by atoms with Gasteiger partial charge in [0.1, 0.15) is 23.9 Å². The van der Waals surface area contributed by atoms with E-state index in [1.54, 1.807) is 24.3 Å². The topological polar surface area (TPSA) is 79.3 Å². The highest BCUT2D eigenvalue weighted by atomic mass is 35.5. The molecule has 1 unspecified atom stereocenters. The monoisotopic (exact) mass is 520 g/mol. The molecule has 1 atom stereocenters. The van der Waals surface area contributed by atoms with Crippen LogP contribution in [0, 0.1) is 0 Å². The molecule has 192 valence electrons.